The molecule has 0 saturated heterocycles. The Hall–Kier alpha value is -1.63. The molecular formula is C12H11F3N2OS. The Kier molecular flexibility index (Phi) is 4.36. The Morgan fingerprint density at radius 3 is 2.74 bits per heavy atom. The van der Waals surface area contributed by atoms with Gasteiger partial charge in [-0.1, -0.05) is 6.07 Å². The average Bonchev–Trinajstić information content (AvgIpc) is 2.77. The Morgan fingerprint density at radius 1 is 1.42 bits per heavy atom. The van der Waals surface area contributed by atoms with Crippen LogP contribution in [0, 0.1) is 5.95 Å². The van der Waals surface area contributed by atoms with Crippen LogP contribution in [0.2, 0.25) is 0 Å². The molecule has 0 radical (unpaired) electrons. The highest BCUT2D eigenvalue weighted by Crippen LogP contribution is 2.17. The van der Waals surface area contributed by atoms with E-state index in [-0.39, 0.29) is 18.2 Å². The van der Waals surface area contributed by atoms with Gasteiger partial charge in [0, 0.05) is 18.8 Å². The maximum atomic E-state index is 12.7. The van der Waals surface area contributed by atoms with Crippen LogP contribution in [0.1, 0.15) is 5.56 Å². The van der Waals surface area contributed by atoms with Crippen molar-refractivity contribution in [2.75, 3.05) is 13.2 Å². The third-order valence-corrected chi connectivity index (χ3v) is 2.81. The molecule has 0 bridgehead atoms. The van der Waals surface area contributed by atoms with E-state index in [1.165, 1.54) is 23.2 Å². The van der Waals surface area contributed by atoms with Gasteiger partial charge in [0.15, 0.2) is 5.05 Å². The molecule has 1 aliphatic rings. The van der Waals surface area contributed by atoms with Gasteiger partial charge in [-0.15, -0.1) is 0 Å². The lowest BCUT2D eigenvalue weighted by Gasteiger charge is -2.24. The fraction of sp³-hybridized carbons (Fsp3) is 0.333. The van der Waals surface area contributed by atoms with Crippen LogP contribution >= 0.6 is 12.2 Å². The maximum Gasteiger partial charge on any atom is 0.255 e. The monoisotopic (exact) mass is 288 g/mol. The maximum absolute atomic E-state index is 12.7. The second kappa shape index (κ2) is 6.01. The smallest absolute Gasteiger partial charge is 0.255 e. The van der Waals surface area contributed by atoms with E-state index in [4.69, 9.17) is 17.0 Å². The molecule has 2 rings (SSSR count). The van der Waals surface area contributed by atoms with E-state index in [0.717, 1.165) is 0 Å². The molecule has 0 aromatic carbocycles. The van der Waals surface area contributed by atoms with Crippen molar-refractivity contribution in [3.05, 3.63) is 41.6 Å². The van der Waals surface area contributed by atoms with Gasteiger partial charge in [0.1, 0.15) is 6.61 Å². The lowest BCUT2D eigenvalue weighted by atomic mass is 10.2. The molecule has 0 atom stereocenters. The van der Waals surface area contributed by atoms with E-state index in [2.05, 4.69) is 4.98 Å². The van der Waals surface area contributed by atoms with Crippen molar-refractivity contribution in [2.45, 2.75) is 13.0 Å². The third kappa shape index (κ3) is 3.92. The number of hydrogen-bond donors (Lipinski definition) is 0. The first-order valence-corrected chi connectivity index (χ1v) is 5.96. The van der Waals surface area contributed by atoms with Crippen LogP contribution in [0.15, 0.2) is 30.1 Å². The molecule has 0 spiro atoms. The minimum absolute atomic E-state index is 0.181. The standard InChI is InChI=1S/C12H11F3N2OS/c13-10(14)6-17(9-3-12(19)18-7-9)5-8-1-2-11(15)16-4-8/h1-4,10H,5-7H2. The highest BCUT2D eigenvalue weighted by atomic mass is 32.1. The first-order chi connectivity index (χ1) is 9.04. The number of halogens is 3. The molecule has 3 nitrogen and oxygen atoms in total. The lowest BCUT2D eigenvalue weighted by molar-refractivity contribution is 0.0965. The first kappa shape index (κ1) is 13.8. The molecule has 1 aromatic heterocycles. The van der Waals surface area contributed by atoms with E-state index in [9.17, 15) is 13.2 Å². The summed E-state index contributed by atoms with van der Waals surface area (Å²) in [5.41, 5.74) is 1.23. The number of alkyl halides is 2. The largest absolute Gasteiger partial charge is 0.477 e. The van der Waals surface area contributed by atoms with Gasteiger partial charge < -0.3 is 9.64 Å². The molecule has 0 fully saturated rings. The summed E-state index contributed by atoms with van der Waals surface area (Å²) >= 11 is 4.84. The molecule has 7 heteroatoms. The van der Waals surface area contributed by atoms with Crippen molar-refractivity contribution in [2.24, 2.45) is 0 Å². The molecule has 0 unspecified atom stereocenters. The first-order valence-electron chi connectivity index (χ1n) is 5.55. The van der Waals surface area contributed by atoms with Crippen molar-refractivity contribution in [1.29, 1.82) is 0 Å². The molecule has 0 saturated carbocycles. The fourth-order valence-corrected chi connectivity index (χ4v) is 1.91. The van der Waals surface area contributed by atoms with E-state index in [0.29, 0.717) is 11.3 Å². The topological polar surface area (TPSA) is 25.4 Å². The van der Waals surface area contributed by atoms with Crippen LogP contribution in [-0.2, 0) is 11.3 Å². The highest BCUT2D eigenvalue weighted by Gasteiger charge is 2.20. The van der Waals surface area contributed by atoms with Crippen molar-refractivity contribution in [1.82, 2.24) is 9.88 Å². The number of thiocarbonyl (C=S) groups is 1. The minimum atomic E-state index is -2.48. The summed E-state index contributed by atoms with van der Waals surface area (Å²) in [6.07, 6.45) is 0.389. The van der Waals surface area contributed by atoms with Gasteiger partial charge in [0.2, 0.25) is 5.95 Å². The third-order valence-electron chi connectivity index (χ3n) is 2.57. The second-order valence-corrected chi connectivity index (χ2v) is 4.41. The van der Waals surface area contributed by atoms with Crippen LogP contribution in [0.4, 0.5) is 13.2 Å². The zero-order valence-electron chi connectivity index (χ0n) is 9.85. The summed E-state index contributed by atoms with van der Waals surface area (Å²) < 4.78 is 42.9. The average molecular weight is 288 g/mol. The zero-order chi connectivity index (χ0) is 13.8. The van der Waals surface area contributed by atoms with Crippen LogP contribution < -0.4 is 0 Å². The molecular weight excluding hydrogens is 277 g/mol. The quantitative estimate of drug-likeness (QED) is 0.614. The summed E-state index contributed by atoms with van der Waals surface area (Å²) in [4.78, 5) is 4.95. The predicted molar refractivity (Wildman–Crippen MR) is 67.2 cm³/mol. The molecule has 0 amide bonds. The zero-order valence-corrected chi connectivity index (χ0v) is 10.7. The molecule has 0 aliphatic carbocycles. The molecule has 19 heavy (non-hydrogen) atoms. The van der Waals surface area contributed by atoms with Gasteiger partial charge in [0.05, 0.1) is 12.2 Å². The Bertz CT molecular complexity index is 490. The number of aromatic nitrogens is 1. The van der Waals surface area contributed by atoms with Crippen molar-refractivity contribution in [3.63, 3.8) is 0 Å². The van der Waals surface area contributed by atoms with E-state index in [1.807, 2.05) is 0 Å². The van der Waals surface area contributed by atoms with E-state index in [1.54, 1.807) is 6.08 Å². The Balaban J connectivity index is 2.11. The van der Waals surface area contributed by atoms with Crippen LogP contribution in [0.3, 0.4) is 0 Å². The van der Waals surface area contributed by atoms with E-state index < -0.39 is 18.9 Å². The number of hydrogen-bond acceptors (Lipinski definition) is 4. The molecule has 102 valence electrons. The summed E-state index contributed by atoms with van der Waals surface area (Å²) in [6.45, 7) is -0.0508. The molecule has 1 aromatic rings. The summed E-state index contributed by atoms with van der Waals surface area (Å²) in [6, 6.07) is 2.70. The Morgan fingerprint density at radius 2 is 2.21 bits per heavy atom. The van der Waals surface area contributed by atoms with Crippen molar-refractivity contribution < 1.29 is 17.9 Å². The van der Waals surface area contributed by atoms with Crippen LogP contribution in [0.25, 0.3) is 0 Å². The van der Waals surface area contributed by atoms with Gasteiger partial charge in [0.25, 0.3) is 6.43 Å². The second-order valence-electron chi connectivity index (χ2n) is 4.00. The number of nitrogens with zero attached hydrogens (tertiary/aromatic N) is 2. The molecule has 1 aliphatic heterocycles. The van der Waals surface area contributed by atoms with Gasteiger partial charge in [-0.05, 0) is 23.8 Å². The number of ether oxygens (including phenoxy) is 1. The lowest BCUT2D eigenvalue weighted by Crippen LogP contribution is -2.28. The van der Waals surface area contributed by atoms with Gasteiger partial charge in [-0.3, -0.25) is 0 Å². The predicted octanol–water partition coefficient (Wildman–Crippen LogP) is 2.53. The number of pyridine rings is 1. The molecule has 2 heterocycles. The van der Waals surface area contributed by atoms with Crippen LogP contribution in [-0.4, -0.2) is 34.5 Å². The van der Waals surface area contributed by atoms with Crippen molar-refractivity contribution >= 4 is 17.3 Å². The number of rotatable bonds is 5. The summed E-state index contributed by atoms with van der Waals surface area (Å²) in [5, 5.41) is 0.284. The van der Waals surface area contributed by atoms with Gasteiger partial charge >= 0.3 is 0 Å². The van der Waals surface area contributed by atoms with Crippen molar-refractivity contribution in [3.8, 4) is 0 Å². The Labute approximate surface area is 113 Å². The fourth-order valence-electron chi connectivity index (χ4n) is 1.72. The summed E-state index contributed by atoms with van der Waals surface area (Å²) in [5.74, 6) is -0.603. The van der Waals surface area contributed by atoms with Gasteiger partial charge in [-0.25, -0.2) is 13.8 Å². The van der Waals surface area contributed by atoms with Gasteiger partial charge in [-0.2, -0.15) is 4.39 Å². The van der Waals surface area contributed by atoms with Crippen LogP contribution in [0.5, 0.6) is 0 Å². The molecule has 0 N–H and O–H groups in total. The highest BCUT2D eigenvalue weighted by molar-refractivity contribution is 7.80. The SMILES string of the molecule is Fc1ccc(CN(CC(F)F)C2=CC(=S)OC2)cn1. The normalized spacial score (nSPS) is 14.5. The minimum Gasteiger partial charge on any atom is -0.477 e. The summed E-state index contributed by atoms with van der Waals surface area (Å²) in [7, 11) is 0. The van der Waals surface area contributed by atoms with E-state index >= 15 is 0 Å².